The van der Waals surface area contributed by atoms with Crippen molar-refractivity contribution in [1.82, 2.24) is 5.32 Å². The summed E-state index contributed by atoms with van der Waals surface area (Å²) in [5.74, 6) is 0.474. The molecule has 1 aliphatic rings. The van der Waals surface area contributed by atoms with Gasteiger partial charge in [0.05, 0.1) is 5.56 Å². The number of carbonyl (C=O) groups excluding carboxylic acids is 1. The molecule has 1 unspecified atom stereocenters. The molecular weight excluding hydrogens is 264 g/mol. The molecule has 0 bridgehead atoms. The fourth-order valence-electron chi connectivity index (χ4n) is 2.15. The summed E-state index contributed by atoms with van der Waals surface area (Å²) < 4.78 is 5.34. The summed E-state index contributed by atoms with van der Waals surface area (Å²) in [7, 11) is 0. The zero-order valence-corrected chi connectivity index (χ0v) is 11.3. The first-order valence-corrected chi connectivity index (χ1v) is 6.25. The molecule has 2 aromatic rings. The summed E-state index contributed by atoms with van der Waals surface area (Å²) in [6.45, 7) is 0.531. The highest BCUT2D eigenvalue weighted by atomic mass is 35.5. The van der Waals surface area contributed by atoms with E-state index in [1.807, 2.05) is 24.3 Å². The van der Waals surface area contributed by atoms with E-state index in [0.29, 0.717) is 18.0 Å². The number of hydrogen-bond donors (Lipinski definition) is 2. The molecule has 3 N–H and O–H groups in total. The van der Waals surface area contributed by atoms with Crippen molar-refractivity contribution in [1.29, 1.82) is 0 Å². The van der Waals surface area contributed by atoms with Gasteiger partial charge in [-0.05, 0) is 24.8 Å². The van der Waals surface area contributed by atoms with Crippen molar-refractivity contribution in [3.8, 4) is 0 Å². The molecule has 1 aliphatic carbocycles. The van der Waals surface area contributed by atoms with Gasteiger partial charge in [-0.2, -0.15) is 0 Å². The van der Waals surface area contributed by atoms with E-state index in [2.05, 4.69) is 5.32 Å². The van der Waals surface area contributed by atoms with Gasteiger partial charge in [0.25, 0.3) is 5.91 Å². The first-order valence-electron chi connectivity index (χ1n) is 6.25. The van der Waals surface area contributed by atoms with Gasteiger partial charge in [-0.3, -0.25) is 4.79 Å². The second kappa shape index (κ2) is 5.63. The van der Waals surface area contributed by atoms with Gasteiger partial charge in [0, 0.05) is 18.0 Å². The number of nitrogens with one attached hydrogen (secondary N) is 1. The molecule has 5 heteroatoms. The van der Waals surface area contributed by atoms with E-state index in [-0.39, 0.29) is 24.4 Å². The Morgan fingerprint density at radius 3 is 2.89 bits per heavy atom. The molecule has 19 heavy (non-hydrogen) atoms. The van der Waals surface area contributed by atoms with Gasteiger partial charge in [-0.25, -0.2) is 0 Å². The third-order valence-electron chi connectivity index (χ3n) is 3.45. The van der Waals surface area contributed by atoms with Gasteiger partial charge in [-0.1, -0.05) is 18.2 Å². The van der Waals surface area contributed by atoms with Crippen LogP contribution < -0.4 is 11.1 Å². The highest BCUT2D eigenvalue weighted by molar-refractivity contribution is 6.05. The summed E-state index contributed by atoms with van der Waals surface area (Å²) in [5.41, 5.74) is 7.26. The van der Waals surface area contributed by atoms with Crippen LogP contribution in [0.15, 0.2) is 34.9 Å². The highest BCUT2D eigenvalue weighted by Crippen LogP contribution is 2.31. The van der Waals surface area contributed by atoms with Crippen LogP contribution in [0, 0.1) is 5.92 Å². The number of carbonyl (C=O) groups is 1. The largest absolute Gasteiger partial charge is 0.463 e. The van der Waals surface area contributed by atoms with E-state index < -0.39 is 0 Å². The molecule has 1 heterocycles. The lowest BCUT2D eigenvalue weighted by atomic mass is 10.1. The zero-order valence-electron chi connectivity index (χ0n) is 10.5. The predicted molar refractivity (Wildman–Crippen MR) is 76.5 cm³/mol. The first-order chi connectivity index (χ1) is 8.75. The van der Waals surface area contributed by atoms with Crippen LogP contribution in [0.1, 0.15) is 23.2 Å². The normalized spacial score (nSPS) is 15.8. The van der Waals surface area contributed by atoms with Gasteiger partial charge in [0.1, 0.15) is 11.8 Å². The summed E-state index contributed by atoms with van der Waals surface area (Å²) in [4.78, 5) is 12.0. The molecule has 4 nitrogen and oxygen atoms in total. The Balaban J connectivity index is 0.00000133. The number of rotatable bonds is 4. The average molecular weight is 281 g/mol. The van der Waals surface area contributed by atoms with E-state index in [0.717, 1.165) is 11.0 Å². The Morgan fingerprint density at radius 1 is 1.42 bits per heavy atom. The van der Waals surface area contributed by atoms with Crippen LogP contribution in [0.3, 0.4) is 0 Å². The molecule has 0 spiro atoms. The number of benzene rings is 1. The molecule has 1 saturated carbocycles. The summed E-state index contributed by atoms with van der Waals surface area (Å²) >= 11 is 0. The van der Waals surface area contributed by atoms with E-state index in [9.17, 15) is 4.79 Å². The van der Waals surface area contributed by atoms with Gasteiger partial charge in [-0.15, -0.1) is 12.4 Å². The van der Waals surface area contributed by atoms with Crippen molar-refractivity contribution < 1.29 is 9.21 Å². The number of halogens is 1. The minimum Gasteiger partial charge on any atom is -0.463 e. The van der Waals surface area contributed by atoms with Gasteiger partial charge < -0.3 is 15.5 Å². The second-order valence-electron chi connectivity index (χ2n) is 4.86. The van der Waals surface area contributed by atoms with Crippen molar-refractivity contribution >= 4 is 29.3 Å². The molecular formula is C14H17ClN2O2. The monoisotopic (exact) mass is 280 g/mol. The molecule has 1 aromatic heterocycles. The Hall–Kier alpha value is -1.52. The van der Waals surface area contributed by atoms with Crippen molar-refractivity contribution in [2.75, 3.05) is 6.54 Å². The lowest BCUT2D eigenvalue weighted by Gasteiger charge is -2.10. The molecule has 1 atom stereocenters. The maximum absolute atomic E-state index is 12.0. The standard InChI is InChI=1S/C14H16N2O2.ClH/c15-12(9-5-6-9)7-16-14(17)11-8-18-13-4-2-1-3-10(11)13;/h1-4,8-9,12H,5-7,15H2,(H,16,17);1H. The first kappa shape index (κ1) is 13.9. The van der Waals surface area contributed by atoms with E-state index in [1.165, 1.54) is 19.1 Å². The Morgan fingerprint density at radius 2 is 2.16 bits per heavy atom. The van der Waals surface area contributed by atoms with Crippen molar-refractivity contribution in [2.45, 2.75) is 18.9 Å². The van der Waals surface area contributed by atoms with Crippen LogP contribution in [0.5, 0.6) is 0 Å². The van der Waals surface area contributed by atoms with Crippen molar-refractivity contribution in [2.24, 2.45) is 11.7 Å². The Kier molecular flexibility index (Phi) is 4.12. The molecule has 1 fully saturated rings. The molecule has 1 amide bonds. The lowest BCUT2D eigenvalue weighted by molar-refractivity contribution is 0.0951. The third kappa shape index (κ3) is 2.91. The minimum absolute atomic E-state index is 0. The van der Waals surface area contributed by atoms with Crippen LogP contribution in [0.4, 0.5) is 0 Å². The Labute approximate surface area is 117 Å². The van der Waals surface area contributed by atoms with Gasteiger partial charge in [0.2, 0.25) is 0 Å². The number of fused-ring (bicyclic) bond motifs is 1. The quantitative estimate of drug-likeness (QED) is 0.903. The molecule has 0 radical (unpaired) electrons. The van der Waals surface area contributed by atoms with E-state index in [1.54, 1.807) is 0 Å². The SMILES string of the molecule is Cl.NC(CNC(=O)c1coc2ccccc12)C1CC1. The fraction of sp³-hybridized carbons (Fsp3) is 0.357. The number of hydrogen-bond acceptors (Lipinski definition) is 3. The highest BCUT2D eigenvalue weighted by Gasteiger charge is 2.28. The maximum atomic E-state index is 12.0. The molecule has 3 rings (SSSR count). The molecule has 0 saturated heterocycles. The summed E-state index contributed by atoms with van der Waals surface area (Å²) in [6, 6.07) is 7.59. The summed E-state index contributed by atoms with van der Waals surface area (Å²) in [5, 5.41) is 3.72. The van der Waals surface area contributed by atoms with Crippen LogP contribution in [0.25, 0.3) is 11.0 Å². The molecule has 0 aliphatic heterocycles. The fourth-order valence-corrected chi connectivity index (χ4v) is 2.15. The Bertz CT molecular complexity index is 578. The lowest BCUT2D eigenvalue weighted by Crippen LogP contribution is -2.38. The smallest absolute Gasteiger partial charge is 0.255 e. The van der Waals surface area contributed by atoms with E-state index >= 15 is 0 Å². The second-order valence-corrected chi connectivity index (χ2v) is 4.86. The van der Waals surface area contributed by atoms with Gasteiger partial charge in [0.15, 0.2) is 0 Å². The number of para-hydroxylation sites is 1. The number of nitrogens with two attached hydrogens (primary N) is 1. The van der Waals surface area contributed by atoms with Crippen molar-refractivity contribution in [3.63, 3.8) is 0 Å². The predicted octanol–water partition coefficient (Wildman–Crippen LogP) is 2.32. The van der Waals surface area contributed by atoms with Crippen LogP contribution in [0.2, 0.25) is 0 Å². The number of furan rings is 1. The van der Waals surface area contributed by atoms with Crippen molar-refractivity contribution in [3.05, 3.63) is 36.1 Å². The average Bonchev–Trinajstić information content (AvgIpc) is 3.15. The van der Waals surface area contributed by atoms with E-state index in [4.69, 9.17) is 10.2 Å². The van der Waals surface area contributed by atoms with Crippen LogP contribution in [-0.2, 0) is 0 Å². The molecule has 102 valence electrons. The van der Waals surface area contributed by atoms with Gasteiger partial charge >= 0.3 is 0 Å². The van der Waals surface area contributed by atoms with Crippen LogP contribution >= 0.6 is 12.4 Å². The summed E-state index contributed by atoms with van der Waals surface area (Å²) in [6.07, 6.45) is 3.88. The molecule has 1 aromatic carbocycles. The van der Waals surface area contributed by atoms with Crippen LogP contribution in [-0.4, -0.2) is 18.5 Å². The minimum atomic E-state index is -0.115. The maximum Gasteiger partial charge on any atom is 0.255 e. The third-order valence-corrected chi connectivity index (χ3v) is 3.45. The topological polar surface area (TPSA) is 68.3 Å². The zero-order chi connectivity index (χ0) is 12.5. The number of amides is 1.